The van der Waals surface area contributed by atoms with Crippen molar-refractivity contribution < 1.29 is 14.3 Å². The molecular formula is C20H25ClN4O3. The molecule has 1 aromatic rings. The standard InChI is InChI=1S/C20H25ClN4O3/c21-15-8-23-17(24-9-15)12-1-2-25(10-12)19(27)28-16-13-3-11-4-14(16)7-20(5-11,6-13)18(22)26/h8-9,11-14,16H,1-7,10H2,(H2,22,26). The van der Waals surface area contributed by atoms with E-state index in [2.05, 4.69) is 9.97 Å². The maximum Gasteiger partial charge on any atom is 0.410 e. The number of primary amides is 1. The average molecular weight is 405 g/mol. The number of ether oxygens (including phenoxy) is 1. The lowest BCUT2D eigenvalue weighted by Gasteiger charge is -2.58. The summed E-state index contributed by atoms with van der Waals surface area (Å²) in [5.74, 6) is 1.75. The number of amides is 2. The van der Waals surface area contributed by atoms with Crippen molar-refractivity contribution in [3.63, 3.8) is 0 Å². The van der Waals surface area contributed by atoms with Crippen molar-refractivity contribution in [2.24, 2.45) is 28.9 Å². The molecule has 3 unspecified atom stereocenters. The Labute approximate surface area is 169 Å². The van der Waals surface area contributed by atoms with Gasteiger partial charge in [0.05, 0.1) is 10.4 Å². The van der Waals surface area contributed by atoms with Crippen molar-refractivity contribution in [2.75, 3.05) is 13.1 Å². The van der Waals surface area contributed by atoms with Gasteiger partial charge in [0.2, 0.25) is 5.91 Å². The summed E-state index contributed by atoms with van der Waals surface area (Å²) in [5, 5.41) is 0.508. The Balaban J connectivity index is 1.23. The van der Waals surface area contributed by atoms with E-state index in [0.29, 0.717) is 24.0 Å². The molecule has 0 radical (unpaired) electrons. The van der Waals surface area contributed by atoms with Crippen LogP contribution in [0.2, 0.25) is 5.02 Å². The normalized spacial score (nSPS) is 38.6. The fourth-order valence-electron chi connectivity index (χ4n) is 6.33. The summed E-state index contributed by atoms with van der Waals surface area (Å²) in [4.78, 5) is 35.2. The molecule has 2 amide bonds. The zero-order chi connectivity index (χ0) is 19.5. The molecule has 4 bridgehead atoms. The highest BCUT2D eigenvalue weighted by atomic mass is 35.5. The summed E-state index contributed by atoms with van der Waals surface area (Å²) >= 11 is 5.86. The van der Waals surface area contributed by atoms with Gasteiger partial charge in [0.25, 0.3) is 0 Å². The van der Waals surface area contributed by atoms with Gasteiger partial charge in [-0.15, -0.1) is 0 Å². The average Bonchev–Trinajstić information content (AvgIpc) is 3.15. The minimum atomic E-state index is -0.357. The maximum absolute atomic E-state index is 12.8. The summed E-state index contributed by atoms with van der Waals surface area (Å²) in [7, 11) is 0. The highest BCUT2D eigenvalue weighted by molar-refractivity contribution is 6.30. The lowest BCUT2D eigenvalue weighted by atomic mass is 9.48. The van der Waals surface area contributed by atoms with Gasteiger partial charge in [0.1, 0.15) is 11.9 Å². The minimum absolute atomic E-state index is 0.0812. The zero-order valence-electron chi connectivity index (χ0n) is 15.7. The molecule has 2 heterocycles. The molecule has 28 heavy (non-hydrogen) atoms. The third kappa shape index (κ3) is 2.95. The van der Waals surface area contributed by atoms with Gasteiger partial charge in [-0.25, -0.2) is 14.8 Å². The molecule has 1 aromatic heterocycles. The number of likely N-dealkylation sites (tertiary alicyclic amines) is 1. The highest BCUT2D eigenvalue weighted by Gasteiger charge is 2.59. The Kier molecular flexibility index (Phi) is 4.27. The number of aromatic nitrogens is 2. The molecule has 150 valence electrons. The molecule has 6 rings (SSSR count). The van der Waals surface area contributed by atoms with E-state index >= 15 is 0 Å². The van der Waals surface area contributed by atoms with Gasteiger partial charge in [-0.2, -0.15) is 0 Å². The number of nitrogens with zero attached hydrogens (tertiary/aromatic N) is 3. The van der Waals surface area contributed by atoms with Crippen molar-refractivity contribution in [3.8, 4) is 0 Å². The first-order valence-corrected chi connectivity index (χ1v) is 10.5. The van der Waals surface area contributed by atoms with Crippen molar-refractivity contribution >= 4 is 23.6 Å². The maximum atomic E-state index is 12.8. The van der Waals surface area contributed by atoms with Crippen LogP contribution in [0.4, 0.5) is 4.79 Å². The molecule has 1 aliphatic heterocycles. The lowest BCUT2D eigenvalue weighted by molar-refractivity contribution is -0.161. The molecule has 2 N–H and O–H groups in total. The number of nitrogens with two attached hydrogens (primary N) is 1. The molecule has 8 heteroatoms. The van der Waals surface area contributed by atoms with Crippen LogP contribution < -0.4 is 5.73 Å². The summed E-state index contributed by atoms with van der Waals surface area (Å²) in [6.07, 6.45) is 8.23. The molecule has 4 saturated carbocycles. The number of carbonyl (C=O) groups excluding carboxylic acids is 2. The van der Waals surface area contributed by atoms with E-state index in [-0.39, 0.29) is 41.3 Å². The van der Waals surface area contributed by atoms with Gasteiger partial charge in [-0.3, -0.25) is 4.79 Å². The quantitative estimate of drug-likeness (QED) is 0.835. The third-order valence-electron chi connectivity index (χ3n) is 7.40. The summed E-state index contributed by atoms with van der Waals surface area (Å²) in [5.41, 5.74) is 5.39. The zero-order valence-corrected chi connectivity index (χ0v) is 16.5. The van der Waals surface area contributed by atoms with Gasteiger partial charge in [0, 0.05) is 31.4 Å². The monoisotopic (exact) mass is 404 g/mol. The predicted molar refractivity (Wildman–Crippen MR) is 101 cm³/mol. The summed E-state index contributed by atoms with van der Waals surface area (Å²) < 4.78 is 6.01. The van der Waals surface area contributed by atoms with Crippen molar-refractivity contribution in [1.29, 1.82) is 0 Å². The first kappa shape index (κ1) is 18.2. The summed E-state index contributed by atoms with van der Waals surface area (Å²) in [6.45, 7) is 1.21. The van der Waals surface area contributed by atoms with E-state index in [0.717, 1.165) is 44.3 Å². The molecule has 7 nitrogen and oxygen atoms in total. The van der Waals surface area contributed by atoms with E-state index in [9.17, 15) is 9.59 Å². The van der Waals surface area contributed by atoms with Crippen molar-refractivity contribution in [3.05, 3.63) is 23.2 Å². The Morgan fingerprint density at radius 3 is 2.50 bits per heavy atom. The molecule has 5 aliphatic rings. The Morgan fingerprint density at radius 1 is 1.18 bits per heavy atom. The molecule has 4 aliphatic carbocycles. The molecular weight excluding hydrogens is 380 g/mol. The second kappa shape index (κ2) is 6.58. The number of rotatable bonds is 3. The van der Waals surface area contributed by atoms with Crippen molar-refractivity contribution in [1.82, 2.24) is 14.9 Å². The lowest BCUT2D eigenvalue weighted by Crippen LogP contribution is -2.59. The molecule has 0 aromatic carbocycles. The SMILES string of the molecule is NC(=O)C12CC3CC(C1)C(OC(=O)N1CCC(c4ncc(Cl)cn4)C1)C(C3)C2. The Bertz CT molecular complexity index is 785. The largest absolute Gasteiger partial charge is 0.446 e. The number of hydrogen-bond acceptors (Lipinski definition) is 5. The number of carbonyl (C=O) groups is 2. The van der Waals surface area contributed by atoms with Gasteiger partial charge in [-0.1, -0.05) is 11.6 Å². The van der Waals surface area contributed by atoms with E-state index < -0.39 is 0 Å². The summed E-state index contributed by atoms with van der Waals surface area (Å²) in [6, 6.07) is 0. The van der Waals surface area contributed by atoms with E-state index in [4.69, 9.17) is 22.1 Å². The van der Waals surface area contributed by atoms with Crippen LogP contribution in [0.3, 0.4) is 0 Å². The minimum Gasteiger partial charge on any atom is -0.446 e. The predicted octanol–water partition coefficient (Wildman–Crippen LogP) is 2.74. The Morgan fingerprint density at radius 2 is 1.86 bits per heavy atom. The second-order valence-electron chi connectivity index (χ2n) is 9.15. The molecule has 3 atom stereocenters. The van der Waals surface area contributed by atoms with Gasteiger partial charge in [-0.05, 0) is 56.3 Å². The molecule has 0 spiro atoms. The van der Waals surface area contributed by atoms with Crippen LogP contribution in [-0.4, -0.2) is 46.1 Å². The van der Waals surface area contributed by atoms with Crippen LogP contribution in [0.1, 0.15) is 50.3 Å². The van der Waals surface area contributed by atoms with Crippen LogP contribution in [0.25, 0.3) is 0 Å². The van der Waals surface area contributed by atoms with Gasteiger partial charge in [0.15, 0.2) is 0 Å². The van der Waals surface area contributed by atoms with Crippen LogP contribution in [0.15, 0.2) is 12.4 Å². The van der Waals surface area contributed by atoms with Crippen LogP contribution in [0, 0.1) is 23.2 Å². The first-order valence-electron chi connectivity index (χ1n) is 10.2. The van der Waals surface area contributed by atoms with Crippen molar-refractivity contribution in [2.45, 2.75) is 50.5 Å². The fraction of sp³-hybridized carbons (Fsp3) is 0.700. The smallest absolute Gasteiger partial charge is 0.410 e. The Hall–Kier alpha value is -1.89. The highest BCUT2D eigenvalue weighted by Crippen LogP contribution is 2.60. The van der Waals surface area contributed by atoms with E-state index in [1.165, 1.54) is 0 Å². The van der Waals surface area contributed by atoms with E-state index in [1.54, 1.807) is 17.3 Å². The molecule has 5 fully saturated rings. The third-order valence-corrected chi connectivity index (χ3v) is 7.59. The molecule has 1 saturated heterocycles. The topological polar surface area (TPSA) is 98.4 Å². The first-order chi connectivity index (χ1) is 13.4. The van der Waals surface area contributed by atoms with Crippen LogP contribution in [-0.2, 0) is 9.53 Å². The second-order valence-corrected chi connectivity index (χ2v) is 9.59. The van der Waals surface area contributed by atoms with Gasteiger partial charge < -0.3 is 15.4 Å². The number of halogens is 1. The van der Waals surface area contributed by atoms with Crippen LogP contribution >= 0.6 is 11.6 Å². The van der Waals surface area contributed by atoms with Crippen LogP contribution in [0.5, 0.6) is 0 Å². The number of hydrogen-bond donors (Lipinski definition) is 1. The van der Waals surface area contributed by atoms with Gasteiger partial charge >= 0.3 is 6.09 Å². The fourth-order valence-corrected chi connectivity index (χ4v) is 6.43. The van der Waals surface area contributed by atoms with E-state index in [1.807, 2.05) is 0 Å².